The molecule has 0 aliphatic heterocycles. The number of ether oxygens (including phenoxy) is 1. The summed E-state index contributed by atoms with van der Waals surface area (Å²) in [5, 5.41) is 14.9. The van der Waals surface area contributed by atoms with Crippen molar-refractivity contribution in [1.29, 1.82) is 0 Å². The number of rotatable bonds is 6. The van der Waals surface area contributed by atoms with Crippen molar-refractivity contribution in [3.63, 3.8) is 0 Å². The molecule has 0 spiro atoms. The first-order chi connectivity index (χ1) is 15.1. The van der Waals surface area contributed by atoms with Crippen LogP contribution in [0.1, 0.15) is 17.3 Å². The number of carbonyl (C=O) groups excluding carboxylic acids is 1. The highest BCUT2D eigenvalue weighted by molar-refractivity contribution is 6.13. The van der Waals surface area contributed by atoms with Gasteiger partial charge >= 0.3 is 0 Å². The maximum Gasteiger partial charge on any atom is 0.296 e. The molecule has 0 aliphatic rings. The van der Waals surface area contributed by atoms with Gasteiger partial charge in [0.05, 0.1) is 34.4 Å². The summed E-state index contributed by atoms with van der Waals surface area (Å²) >= 11 is 0. The average molecular weight is 413 g/mol. The topological polar surface area (TPSA) is 94.4 Å². The second-order valence-corrected chi connectivity index (χ2v) is 6.76. The van der Waals surface area contributed by atoms with Crippen molar-refractivity contribution in [1.82, 2.24) is 4.98 Å². The van der Waals surface area contributed by atoms with Gasteiger partial charge in [-0.1, -0.05) is 48.5 Å². The minimum atomic E-state index is -0.543. The standard InChI is InChI=1S/C24H19N3O4/c1-2-31-17-12-13-21(23(14-17)27(29)30)26-24(28)19-15-22(16-8-4-3-5-9-16)25-20-11-7-6-10-18(19)20/h3-15H,2H2,1H3,(H,26,28). The molecule has 31 heavy (non-hydrogen) atoms. The minimum absolute atomic E-state index is 0.0978. The number of nitro groups is 1. The van der Waals surface area contributed by atoms with Crippen molar-refractivity contribution < 1.29 is 14.5 Å². The highest BCUT2D eigenvalue weighted by atomic mass is 16.6. The number of carbonyl (C=O) groups is 1. The molecule has 7 nitrogen and oxygen atoms in total. The lowest BCUT2D eigenvalue weighted by Gasteiger charge is -2.11. The van der Waals surface area contributed by atoms with E-state index in [4.69, 9.17) is 4.74 Å². The molecule has 4 rings (SSSR count). The molecule has 154 valence electrons. The highest BCUT2D eigenvalue weighted by Crippen LogP contribution is 2.31. The summed E-state index contributed by atoms with van der Waals surface area (Å²) in [7, 11) is 0. The molecule has 0 atom stereocenters. The fourth-order valence-electron chi connectivity index (χ4n) is 3.33. The van der Waals surface area contributed by atoms with Crippen molar-refractivity contribution in [3.8, 4) is 17.0 Å². The first-order valence-electron chi connectivity index (χ1n) is 9.74. The number of anilines is 1. The van der Waals surface area contributed by atoms with Crippen molar-refractivity contribution in [2.24, 2.45) is 0 Å². The van der Waals surface area contributed by atoms with Gasteiger partial charge in [-0.25, -0.2) is 4.98 Å². The average Bonchev–Trinajstić information content (AvgIpc) is 2.80. The summed E-state index contributed by atoms with van der Waals surface area (Å²) in [6, 6.07) is 22.9. The van der Waals surface area contributed by atoms with Crippen LogP contribution in [-0.2, 0) is 0 Å². The predicted octanol–water partition coefficient (Wildman–Crippen LogP) is 5.46. The van der Waals surface area contributed by atoms with Gasteiger partial charge in [-0.15, -0.1) is 0 Å². The number of aromatic nitrogens is 1. The normalized spacial score (nSPS) is 10.6. The van der Waals surface area contributed by atoms with E-state index in [-0.39, 0.29) is 11.4 Å². The first-order valence-corrected chi connectivity index (χ1v) is 9.74. The predicted molar refractivity (Wildman–Crippen MR) is 119 cm³/mol. The van der Waals surface area contributed by atoms with Gasteiger partial charge in [0.25, 0.3) is 11.6 Å². The number of fused-ring (bicyclic) bond motifs is 1. The highest BCUT2D eigenvalue weighted by Gasteiger charge is 2.20. The van der Waals surface area contributed by atoms with Crippen LogP contribution in [0.15, 0.2) is 78.9 Å². The zero-order valence-corrected chi connectivity index (χ0v) is 16.7. The third kappa shape index (κ3) is 4.20. The largest absolute Gasteiger partial charge is 0.494 e. The maximum absolute atomic E-state index is 13.2. The van der Waals surface area contributed by atoms with Gasteiger partial charge in [-0.2, -0.15) is 0 Å². The number of benzene rings is 3. The molecule has 3 aromatic carbocycles. The molecule has 1 N–H and O–H groups in total. The fraction of sp³-hybridized carbons (Fsp3) is 0.0833. The van der Waals surface area contributed by atoms with Crippen molar-refractivity contribution in [2.45, 2.75) is 6.92 Å². The molecule has 1 aromatic heterocycles. The van der Waals surface area contributed by atoms with Crippen LogP contribution in [0, 0.1) is 10.1 Å². The Labute approximate surface area is 178 Å². The Morgan fingerprint density at radius 1 is 1.03 bits per heavy atom. The summed E-state index contributed by atoms with van der Waals surface area (Å²) in [5.41, 5.74) is 2.42. The molecule has 7 heteroatoms. The van der Waals surface area contributed by atoms with E-state index in [1.54, 1.807) is 25.1 Å². The lowest BCUT2D eigenvalue weighted by atomic mass is 10.0. The summed E-state index contributed by atoms with van der Waals surface area (Å²) in [6.45, 7) is 2.18. The Bertz CT molecular complexity index is 1270. The smallest absolute Gasteiger partial charge is 0.296 e. The molecule has 1 heterocycles. The number of amides is 1. The van der Waals surface area contributed by atoms with Gasteiger partial charge in [0, 0.05) is 10.9 Å². The van der Waals surface area contributed by atoms with Gasteiger partial charge < -0.3 is 10.1 Å². The molecule has 0 unspecified atom stereocenters. The number of nitrogens with zero attached hydrogens (tertiary/aromatic N) is 2. The molecular weight excluding hydrogens is 394 g/mol. The van der Waals surface area contributed by atoms with Gasteiger partial charge in [0.1, 0.15) is 11.4 Å². The number of para-hydroxylation sites is 1. The fourth-order valence-corrected chi connectivity index (χ4v) is 3.33. The molecule has 0 radical (unpaired) electrons. The minimum Gasteiger partial charge on any atom is -0.494 e. The van der Waals surface area contributed by atoms with E-state index in [1.165, 1.54) is 12.1 Å². The van der Waals surface area contributed by atoms with Crippen molar-refractivity contribution in [2.75, 3.05) is 11.9 Å². The Morgan fingerprint density at radius 3 is 2.52 bits per heavy atom. The lowest BCUT2D eigenvalue weighted by Crippen LogP contribution is -2.14. The summed E-state index contributed by atoms with van der Waals surface area (Å²) in [4.78, 5) is 28.9. The summed E-state index contributed by atoms with van der Waals surface area (Å²) < 4.78 is 5.34. The van der Waals surface area contributed by atoms with E-state index in [2.05, 4.69) is 10.3 Å². The second-order valence-electron chi connectivity index (χ2n) is 6.76. The summed E-state index contributed by atoms with van der Waals surface area (Å²) in [6.07, 6.45) is 0. The van der Waals surface area contributed by atoms with Crippen LogP contribution in [0.5, 0.6) is 5.75 Å². The molecule has 0 fully saturated rings. The molecular formula is C24H19N3O4. The van der Waals surface area contributed by atoms with Crippen LogP contribution >= 0.6 is 0 Å². The number of pyridine rings is 1. The maximum atomic E-state index is 13.2. The molecule has 1 amide bonds. The van der Waals surface area contributed by atoms with Crippen LogP contribution in [0.25, 0.3) is 22.2 Å². The van der Waals surface area contributed by atoms with Gasteiger partial charge in [0.15, 0.2) is 0 Å². The van der Waals surface area contributed by atoms with Crippen LogP contribution in [0.2, 0.25) is 0 Å². The van der Waals surface area contributed by atoms with E-state index in [0.717, 1.165) is 5.56 Å². The van der Waals surface area contributed by atoms with Crippen molar-refractivity contribution >= 4 is 28.2 Å². The molecule has 4 aromatic rings. The van der Waals surface area contributed by atoms with E-state index < -0.39 is 10.8 Å². The Morgan fingerprint density at radius 2 is 1.77 bits per heavy atom. The van der Waals surface area contributed by atoms with E-state index in [1.807, 2.05) is 48.5 Å². The monoisotopic (exact) mass is 413 g/mol. The molecule has 0 aliphatic carbocycles. The van der Waals surface area contributed by atoms with E-state index >= 15 is 0 Å². The van der Waals surface area contributed by atoms with Crippen LogP contribution in [0.4, 0.5) is 11.4 Å². The number of nitrogens with one attached hydrogen (secondary N) is 1. The molecule has 0 saturated carbocycles. The second kappa shape index (κ2) is 8.62. The number of hydrogen-bond donors (Lipinski definition) is 1. The Hall–Kier alpha value is -4.26. The Balaban J connectivity index is 1.77. The van der Waals surface area contributed by atoms with Crippen molar-refractivity contribution in [3.05, 3.63) is 94.5 Å². The third-order valence-electron chi connectivity index (χ3n) is 4.76. The first kappa shape index (κ1) is 20.0. The number of nitro benzene ring substituents is 1. The molecule has 0 bridgehead atoms. The zero-order valence-electron chi connectivity index (χ0n) is 16.7. The van der Waals surface area contributed by atoms with Gasteiger partial charge in [-0.3, -0.25) is 14.9 Å². The van der Waals surface area contributed by atoms with E-state index in [9.17, 15) is 14.9 Å². The third-order valence-corrected chi connectivity index (χ3v) is 4.76. The van der Waals surface area contributed by atoms with Crippen LogP contribution in [-0.4, -0.2) is 22.4 Å². The van der Waals surface area contributed by atoms with E-state index in [0.29, 0.717) is 34.5 Å². The van der Waals surface area contributed by atoms with Crippen LogP contribution in [0.3, 0.4) is 0 Å². The zero-order chi connectivity index (χ0) is 21.8. The quantitative estimate of drug-likeness (QED) is 0.334. The van der Waals surface area contributed by atoms with Gasteiger partial charge in [-0.05, 0) is 31.2 Å². The van der Waals surface area contributed by atoms with Crippen LogP contribution < -0.4 is 10.1 Å². The van der Waals surface area contributed by atoms with Gasteiger partial charge in [0.2, 0.25) is 0 Å². The molecule has 0 saturated heterocycles. The summed E-state index contributed by atoms with van der Waals surface area (Å²) in [5.74, 6) is -0.0871. The Kier molecular flexibility index (Phi) is 5.57. The SMILES string of the molecule is CCOc1ccc(NC(=O)c2cc(-c3ccccc3)nc3ccccc23)c([N+](=O)[O-])c1. The number of hydrogen-bond acceptors (Lipinski definition) is 5. The lowest BCUT2D eigenvalue weighted by molar-refractivity contribution is -0.384.